The van der Waals surface area contributed by atoms with Gasteiger partial charge in [-0.2, -0.15) is 5.10 Å². The summed E-state index contributed by atoms with van der Waals surface area (Å²) in [5.41, 5.74) is 1.99. The molecule has 0 spiro atoms. The van der Waals surface area contributed by atoms with E-state index < -0.39 is 0 Å². The number of hydrogen-bond acceptors (Lipinski definition) is 3. The SMILES string of the molecule is C[C@@]1(NC(=O)NCc2ccc(Cn3cccn3)cc2)CCOC1. The number of benzene rings is 1. The first-order valence-corrected chi connectivity index (χ1v) is 7.82. The van der Waals surface area contributed by atoms with Gasteiger partial charge >= 0.3 is 6.03 Å². The number of urea groups is 1. The van der Waals surface area contributed by atoms with Crippen LogP contribution in [0.2, 0.25) is 0 Å². The molecule has 3 rings (SSSR count). The van der Waals surface area contributed by atoms with Crippen LogP contribution in [0.25, 0.3) is 0 Å². The van der Waals surface area contributed by atoms with Crippen molar-refractivity contribution in [1.29, 1.82) is 0 Å². The predicted octanol–water partition coefficient (Wildman–Crippen LogP) is 1.91. The predicted molar refractivity (Wildman–Crippen MR) is 87.0 cm³/mol. The maximum atomic E-state index is 12.0. The topological polar surface area (TPSA) is 68.2 Å². The highest BCUT2D eigenvalue weighted by Gasteiger charge is 2.31. The van der Waals surface area contributed by atoms with Crippen LogP contribution in [-0.2, 0) is 17.8 Å². The van der Waals surface area contributed by atoms with Gasteiger partial charge in [0.05, 0.1) is 18.7 Å². The van der Waals surface area contributed by atoms with Crippen LogP contribution in [-0.4, -0.2) is 34.6 Å². The van der Waals surface area contributed by atoms with E-state index in [2.05, 4.69) is 27.9 Å². The highest BCUT2D eigenvalue weighted by atomic mass is 16.5. The van der Waals surface area contributed by atoms with Crippen molar-refractivity contribution in [1.82, 2.24) is 20.4 Å². The Morgan fingerprint density at radius 1 is 1.35 bits per heavy atom. The number of carbonyl (C=O) groups excluding carboxylic acids is 1. The van der Waals surface area contributed by atoms with Gasteiger partial charge in [-0.3, -0.25) is 4.68 Å². The number of rotatable bonds is 5. The fourth-order valence-corrected chi connectivity index (χ4v) is 2.61. The van der Waals surface area contributed by atoms with E-state index in [1.165, 1.54) is 5.56 Å². The smallest absolute Gasteiger partial charge is 0.315 e. The van der Waals surface area contributed by atoms with Crippen LogP contribution in [0.15, 0.2) is 42.7 Å². The molecule has 0 unspecified atom stereocenters. The van der Waals surface area contributed by atoms with Crippen molar-refractivity contribution in [3.05, 3.63) is 53.9 Å². The monoisotopic (exact) mass is 314 g/mol. The summed E-state index contributed by atoms with van der Waals surface area (Å²) < 4.78 is 7.21. The molecule has 122 valence electrons. The van der Waals surface area contributed by atoms with Crippen molar-refractivity contribution in [3.63, 3.8) is 0 Å². The van der Waals surface area contributed by atoms with Gasteiger partial charge in [0.25, 0.3) is 0 Å². The van der Waals surface area contributed by atoms with E-state index >= 15 is 0 Å². The molecule has 1 aromatic heterocycles. The fourth-order valence-electron chi connectivity index (χ4n) is 2.61. The number of amides is 2. The Kier molecular flexibility index (Phi) is 4.62. The molecule has 1 aliphatic heterocycles. The minimum Gasteiger partial charge on any atom is -0.379 e. The van der Waals surface area contributed by atoms with Crippen LogP contribution in [0, 0.1) is 0 Å². The summed E-state index contributed by atoms with van der Waals surface area (Å²) >= 11 is 0. The first-order valence-electron chi connectivity index (χ1n) is 7.82. The molecule has 1 aromatic carbocycles. The molecule has 1 atom stereocenters. The van der Waals surface area contributed by atoms with Gasteiger partial charge in [0, 0.05) is 25.5 Å². The van der Waals surface area contributed by atoms with E-state index in [-0.39, 0.29) is 11.6 Å². The van der Waals surface area contributed by atoms with Gasteiger partial charge in [-0.25, -0.2) is 4.79 Å². The van der Waals surface area contributed by atoms with Crippen molar-refractivity contribution < 1.29 is 9.53 Å². The zero-order valence-electron chi connectivity index (χ0n) is 13.3. The van der Waals surface area contributed by atoms with Crippen LogP contribution < -0.4 is 10.6 Å². The van der Waals surface area contributed by atoms with E-state index in [9.17, 15) is 4.79 Å². The molecule has 0 aliphatic carbocycles. The second-order valence-electron chi connectivity index (χ2n) is 6.19. The standard InChI is InChI=1S/C17H22N4O2/c1-17(7-10-23-13-17)20-16(22)18-11-14-3-5-15(6-4-14)12-21-9-2-8-19-21/h2-6,8-9H,7,10-13H2,1H3,(H2,18,20,22)/t17-/m1/s1. The van der Waals surface area contributed by atoms with Gasteiger partial charge in [0.15, 0.2) is 0 Å². The summed E-state index contributed by atoms with van der Waals surface area (Å²) in [5.74, 6) is 0. The molecular weight excluding hydrogens is 292 g/mol. The van der Waals surface area contributed by atoms with Gasteiger partial charge in [-0.15, -0.1) is 0 Å². The summed E-state index contributed by atoms with van der Waals surface area (Å²) in [6, 6.07) is 9.93. The van der Waals surface area contributed by atoms with Crippen molar-refractivity contribution in [2.45, 2.75) is 32.0 Å². The molecule has 23 heavy (non-hydrogen) atoms. The van der Waals surface area contributed by atoms with Crippen LogP contribution in [0.5, 0.6) is 0 Å². The number of ether oxygens (including phenoxy) is 1. The highest BCUT2D eigenvalue weighted by molar-refractivity contribution is 5.74. The molecule has 2 aromatic rings. The van der Waals surface area contributed by atoms with Crippen molar-refractivity contribution in [2.75, 3.05) is 13.2 Å². The maximum Gasteiger partial charge on any atom is 0.315 e. The Bertz CT molecular complexity index is 631. The Balaban J connectivity index is 1.47. The van der Waals surface area contributed by atoms with E-state index in [4.69, 9.17) is 4.74 Å². The molecule has 6 nitrogen and oxygen atoms in total. The molecule has 1 aliphatic rings. The van der Waals surface area contributed by atoms with Gasteiger partial charge in [-0.05, 0) is 30.5 Å². The summed E-state index contributed by atoms with van der Waals surface area (Å²) in [7, 11) is 0. The molecule has 0 radical (unpaired) electrons. The van der Waals surface area contributed by atoms with Gasteiger partial charge in [0.2, 0.25) is 0 Å². The maximum absolute atomic E-state index is 12.0. The lowest BCUT2D eigenvalue weighted by atomic mass is 10.0. The zero-order valence-corrected chi connectivity index (χ0v) is 13.3. The van der Waals surface area contributed by atoms with E-state index in [1.54, 1.807) is 6.20 Å². The molecule has 1 fully saturated rings. The van der Waals surface area contributed by atoms with E-state index in [0.29, 0.717) is 19.8 Å². The Morgan fingerprint density at radius 3 is 2.78 bits per heavy atom. The third-order valence-corrected chi connectivity index (χ3v) is 4.01. The number of hydrogen-bond donors (Lipinski definition) is 2. The summed E-state index contributed by atoms with van der Waals surface area (Å²) in [5, 5.41) is 10.1. The zero-order chi connectivity index (χ0) is 16.1. The molecule has 6 heteroatoms. The highest BCUT2D eigenvalue weighted by Crippen LogP contribution is 2.17. The minimum absolute atomic E-state index is 0.154. The number of carbonyl (C=O) groups is 1. The quantitative estimate of drug-likeness (QED) is 0.886. The first kappa shape index (κ1) is 15.6. The number of nitrogens with zero attached hydrogens (tertiary/aromatic N) is 2. The molecule has 2 amide bonds. The van der Waals surface area contributed by atoms with Crippen molar-refractivity contribution in [3.8, 4) is 0 Å². The largest absolute Gasteiger partial charge is 0.379 e. The van der Waals surface area contributed by atoms with Crippen LogP contribution in [0.3, 0.4) is 0 Å². The summed E-state index contributed by atoms with van der Waals surface area (Å²) in [6.07, 6.45) is 4.56. The molecular formula is C17H22N4O2. The lowest BCUT2D eigenvalue weighted by Crippen LogP contribution is -2.50. The van der Waals surface area contributed by atoms with Gasteiger partial charge in [0.1, 0.15) is 0 Å². The van der Waals surface area contributed by atoms with Gasteiger partial charge < -0.3 is 15.4 Å². The lowest BCUT2D eigenvalue weighted by Gasteiger charge is -2.23. The Hall–Kier alpha value is -2.34. The van der Waals surface area contributed by atoms with Crippen LogP contribution >= 0.6 is 0 Å². The van der Waals surface area contributed by atoms with Gasteiger partial charge in [-0.1, -0.05) is 24.3 Å². The van der Waals surface area contributed by atoms with Crippen molar-refractivity contribution in [2.24, 2.45) is 0 Å². The summed E-state index contributed by atoms with van der Waals surface area (Å²) in [4.78, 5) is 12.0. The molecule has 0 bridgehead atoms. The minimum atomic E-state index is -0.252. The Morgan fingerprint density at radius 2 is 2.13 bits per heavy atom. The van der Waals surface area contributed by atoms with Crippen LogP contribution in [0.4, 0.5) is 4.79 Å². The second kappa shape index (κ2) is 6.83. The second-order valence-corrected chi connectivity index (χ2v) is 6.19. The molecule has 2 heterocycles. The first-order chi connectivity index (χ1) is 11.1. The lowest BCUT2D eigenvalue weighted by molar-refractivity contribution is 0.170. The number of aromatic nitrogens is 2. The average molecular weight is 314 g/mol. The molecule has 2 N–H and O–H groups in total. The van der Waals surface area contributed by atoms with E-state index in [1.807, 2.05) is 36.0 Å². The van der Waals surface area contributed by atoms with Crippen LogP contribution in [0.1, 0.15) is 24.5 Å². The molecule has 0 saturated carbocycles. The third-order valence-electron chi connectivity index (χ3n) is 4.01. The van der Waals surface area contributed by atoms with Crippen molar-refractivity contribution >= 4 is 6.03 Å². The third kappa shape index (κ3) is 4.32. The Labute approximate surface area is 135 Å². The van der Waals surface area contributed by atoms with E-state index in [0.717, 1.165) is 18.5 Å². The fraction of sp³-hybridized carbons (Fsp3) is 0.412. The molecule has 1 saturated heterocycles. The number of nitrogens with one attached hydrogen (secondary N) is 2. The average Bonchev–Trinajstić information content (AvgIpc) is 3.18. The summed E-state index contributed by atoms with van der Waals surface area (Å²) in [6.45, 7) is 4.53. The normalized spacial score (nSPS) is 20.4.